The van der Waals surface area contributed by atoms with Crippen molar-refractivity contribution in [2.45, 2.75) is 54.6 Å². The number of carbonyl (C=O) groups excluding carboxylic acids is 6. The Morgan fingerprint density at radius 3 is 1.60 bits per heavy atom. The molecule has 6 bridgehead atoms. The van der Waals surface area contributed by atoms with Crippen LogP contribution in [-0.4, -0.2) is 165 Å². The number of aliphatic hydroxyl groups excluding tert-OH is 2. The van der Waals surface area contributed by atoms with Crippen LogP contribution in [-0.2, 0) is 39.7 Å². The Hall–Kier alpha value is -11.6. The lowest BCUT2D eigenvalue weighted by Crippen LogP contribution is -2.65. The first-order valence-electron chi connectivity index (χ1n) is 24.8. The van der Waals surface area contributed by atoms with Gasteiger partial charge in [0.15, 0.2) is 87.7 Å². The van der Waals surface area contributed by atoms with E-state index in [1.165, 1.54) is 6.07 Å². The Labute approximate surface area is 468 Å². The zero-order valence-electron chi connectivity index (χ0n) is 42.0. The van der Waals surface area contributed by atoms with E-state index in [2.05, 4.69) is 0 Å². The number of hydrogen-bond donors (Lipinski definition) is 17. The number of cyclic esters (lactones) is 1. The summed E-state index contributed by atoms with van der Waals surface area (Å²) in [6.45, 7) is -1.57. The fraction of sp³-hybridized carbons (Fsp3) is 0.200. The molecule has 6 aromatic rings. The van der Waals surface area contributed by atoms with Gasteiger partial charge in [-0.1, -0.05) is 6.07 Å². The molecule has 436 valence electrons. The second kappa shape index (κ2) is 17.5. The third kappa shape index (κ3) is 6.83. The lowest BCUT2D eigenvalue weighted by atomic mass is 9.66. The Morgan fingerprint density at radius 2 is 1.00 bits per heavy atom. The molecule has 85 heavy (non-hydrogen) atoms. The molecule has 7 aliphatic heterocycles. The van der Waals surface area contributed by atoms with E-state index in [-0.39, 0.29) is 11.1 Å². The number of phenols is 15. The minimum Gasteiger partial charge on any atom is -0.507 e. The summed E-state index contributed by atoms with van der Waals surface area (Å²) < 4.78 is 42.7. The molecule has 1 aliphatic carbocycles. The molecule has 14 rings (SSSR count). The summed E-state index contributed by atoms with van der Waals surface area (Å²) in [5.41, 5.74) is -16.7. The maximum absolute atomic E-state index is 15.8. The van der Waals surface area contributed by atoms with Gasteiger partial charge in [0.1, 0.15) is 35.9 Å². The average molecular weight is 1180 g/mol. The second-order valence-electron chi connectivity index (χ2n) is 20.5. The number of fused-ring (bicyclic) bond motifs is 10. The van der Waals surface area contributed by atoms with Crippen LogP contribution in [0.4, 0.5) is 0 Å². The molecule has 30 nitrogen and oxygen atoms in total. The highest BCUT2D eigenvalue weighted by molar-refractivity contribution is 6.22. The molecule has 1 spiro atoms. The minimum atomic E-state index is -3.14. The Bertz CT molecular complexity index is 4230. The van der Waals surface area contributed by atoms with Crippen molar-refractivity contribution < 1.29 is 149 Å². The highest BCUT2D eigenvalue weighted by Gasteiger charge is 2.76. The van der Waals surface area contributed by atoms with Gasteiger partial charge in [-0.05, 0) is 35.9 Å². The van der Waals surface area contributed by atoms with Gasteiger partial charge in [0.25, 0.3) is 0 Å². The first-order valence-corrected chi connectivity index (χ1v) is 24.8. The smallest absolute Gasteiger partial charge is 0.340 e. The number of Topliss-reactive ketones (excluding diaryl/α,β-unsaturated/α-hetero) is 1. The number of hydrogen-bond acceptors (Lipinski definition) is 30. The highest BCUT2D eigenvalue weighted by atomic mass is 16.6. The predicted octanol–water partition coefficient (Wildman–Crippen LogP) is 2.42. The summed E-state index contributed by atoms with van der Waals surface area (Å²) in [7, 11) is 0. The SMILES string of the molecule is O=C1OC[C@H]2OC(=O)c3cc(O)c(O)c(O)c3-c3c(O)c(O)c(O)c4c3C(=O)O[C@H]([C@H]3OC(=O)[C@@H]5C4=C(O)C(=O)[C@@]54Oc5cc(O)c6c(c5[C@@H]34)O[C@H](c3ccc(O)c(O)c3)[C@@H](O)C6)[C@@H]2OC(=O)c2cc(O)c(O)c(O)c2-c2c1cc(O)c(O)c2O. The quantitative estimate of drug-likeness (QED) is 0.0638. The fourth-order valence-electron chi connectivity index (χ4n) is 12.4. The third-order valence-corrected chi connectivity index (χ3v) is 16.1. The Kier molecular flexibility index (Phi) is 10.9. The topological polar surface area (TPSA) is 511 Å². The Morgan fingerprint density at radius 1 is 0.459 bits per heavy atom. The standard InChI is InChI=1S/C55H36O30/c56-15-2-1-10(3-17(15)58)44-21(62)4-11-16(57)8-22-27(45(11)81-44)32-47-48-46-23(9-79-50(74)12-5-18(59)34(63)37(66)24(12)25-13(52(76)82-46)6-19(60)35(64)38(25)67)80-51(75)14-7-20(61)36(65)39(68)26(14)28-30(53(77)84-48)29(41(70)43(72)40(28)69)31-33(54(78)83-47)55(32,85-22)49(73)42(31)71/h1-3,5-8,21,23,32-33,44,46-48,56-72H,4,9H2/t21-,23+,32-,33-,44+,46+,47-,48-,55-/m0/s1. The van der Waals surface area contributed by atoms with Crippen LogP contribution < -0.4 is 9.47 Å². The number of benzene rings is 6. The van der Waals surface area contributed by atoms with Crippen LogP contribution in [0.3, 0.4) is 0 Å². The van der Waals surface area contributed by atoms with Crippen LogP contribution in [0, 0.1) is 5.92 Å². The summed E-state index contributed by atoms with van der Waals surface area (Å²) in [6, 6.07) is 5.15. The molecule has 0 amide bonds. The number of phenolic OH excluding ortho intramolecular Hbond substituents is 15. The third-order valence-electron chi connectivity index (χ3n) is 16.1. The molecular formula is C55H36O30. The van der Waals surface area contributed by atoms with Crippen LogP contribution in [0.5, 0.6) is 97.7 Å². The molecule has 1 saturated heterocycles. The van der Waals surface area contributed by atoms with E-state index in [1.807, 2.05) is 0 Å². The Balaban J connectivity index is 1.15. The number of aromatic hydroxyl groups is 15. The van der Waals surface area contributed by atoms with Crippen LogP contribution in [0.25, 0.3) is 27.8 Å². The van der Waals surface area contributed by atoms with Crippen LogP contribution in [0.15, 0.2) is 48.2 Å². The van der Waals surface area contributed by atoms with Crippen LogP contribution in [0.1, 0.15) is 75.7 Å². The van der Waals surface area contributed by atoms with E-state index in [0.717, 1.165) is 18.2 Å². The molecule has 0 unspecified atom stereocenters. The van der Waals surface area contributed by atoms with Crippen molar-refractivity contribution >= 4 is 41.2 Å². The molecule has 0 radical (unpaired) electrons. The number of esters is 5. The van der Waals surface area contributed by atoms with Gasteiger partial charge >= 0.3 is 29.8 Å². The summed E-state index contributed by atoms with van der Waals surface area (Å²) in [5, 5.41) is 192. The molecule has 17 N–H and O–H groups in total. The predicted molar refractivity (Wildman–Crippen MR) is 267 cm³/mol. The van der Waals surface area contributed by atoms with Gasteiger partial charge in [-0.25, -0.2) is 19.2 Å². The zero-order valence-corrected chi connectivity index (χ0v) is 42.0. The lowest BCUT2D eigenvalue weighted by Gasteiger charge is -2.47. The largest absolute Gasteiger partial charge is 0.507 e. The van der Waals surface area contributed by atoms with E-state index in [4.69, 9.17) is 33.2 Å². The average Bonchev–Trinajstić information content (AvgIpc) is 1.55. The molecule has 9 atom stereocenters. The highest BCUT2D eigenvalue weighted by Crippen LogP contribution is 2.68. The summed E-state index contributed by atoms with van der Waals surface area (Å²) in [6.07, 6.45) is -14.9. The summed E-state index contributed by atoms with van der Waals surface area (Å²) in [4.78, 5) is 91.7. The molecule has 1 fully saturated rings. The van der Waals surface area contributed by atoms with Crippen LogP contribution >= 0.6 is 0 Å². The molecule has 30 heteroatoms. The van der Waals surface area contributed by atoms with Crippen molar-refractivity contribution in [3.63, 3.8) is 0 Å². The number of ether oxygens (including phenoxy) is 7. The van der Waals surface area contributed by atoms with Gasteiger partial charge in [-0.15, -0.1) is 0 Å². The zero-order chi connectivity index (χ0) is 60.8. The van der Waals surface area contributed by atoms with Gasteiger partial charge < -0.3 is 120 Å². The van der Waals surface area contributed by atoms with E-state index in [9.17, 15) is 91.6 Å². The van der Waals surface area contributed by atoms with Crippen molar-refractivity contribution in [1.29, 1.82) is 0 Å². The van der Waals surface area contributed by atoms with Gasteiger partial charge in [0, 0.05) is 57.0 Å². The van der Waals surface area contributed by atoms with E-state index in [0.29, 0.717) is 18.2 Å². The molecule has 0 saturated carbocycles. The lowest BCUT2D eigenvalue weighted by molar-refractivity contribution is -0.200. The normalized spacial score (nSPS) is 25.0. The molecular weight excluding hydrogens is 1140 g/mol. The minimum absolute atomic E-state index is 0.0522. The number of rotatable bonds is 1. The van der Waals surface area contributed by atoms with E-state index < -0.39 is 267 Å². The van der Waals surface area contributed by atoms with Gasteiger partial charge in [-0.3, -0.25) is 9.59 Å². The number of ketones is 1. The van der Waals surface area contributed by atoms with Crippen molar-refractivity contribution in [2.75, 3.05) is 6.61 Å². The van der Waals surface area contributed by atoms with Gasteiger partial charge in [0.2, 0.25) is 34.4 Å². The fourth-order valence-corrected chi connectivity index (χ4v) is 12.4. The first kappa shape index (κ1) is 52.8. The van der Waals surface area contributed by atoms with Gasteiger partial charge in [-0.2, -0.15) is 0 Å². The van der Waals surface area contributed by atoms with Gasteiger partial charge in [0.05, 0.1) is 34.3 Å². The van der Waals surface area contributed by atoms with Crippen molar-refractivity contribution in [1.82, 2.24) is 0 Å². The number of aliphatic hydroxyl groups is 2. The summed E-state index contributed by atoms with van der Waals surface area (Å²) >= 11 is 0. The van der Waals surface area contributed by atoms with Crippen molar-refractivity contribution in [3.05, 3.63) is 92.7 Å². The van der Waals surface area contributed by atoms with Crippen LogP contribution in [0.2, 0.25) is 0 Å². The molecule has 8 aliphatic rings. The van der Waals surface area contributed by atoms with Crippen molar-refractivity contribution in [3.8, 4) is 120 Å². The maximum atomic E-state index is 15.8. The van der Waals surface area contributed by atoms with Crippen molar-refractivity contribution in [2.24, 2.45) is 5.92 Å². The molecule has 0 aromatic heterocycles. The second-order valence-corrected chi connectivity index (χ2v) is 20.5. The number of carbonyl (C=O) groups is 6. The summed E-state index contributed by atoms with van der Waals surface area (Å²) in [5.74, 6) is -39.1. The van der Waals surface area contributed by atoms with E-state index >= 15 is 24.0 Å². The maximum Gasteiger partial charge on any atom is 0.340 e. The first-order chi connectivity index (χ1) is 40.2. The molecule has 6 aromatic carbocycles. The van der Waals surface area contributed by atoms with E-state index in [1.54, 1.807) is 0 Å². The molecule has 7 heterocycles. The monoisotopic (exact) mass is 1180 g/mol.